The van der Waals surface area contributed by atoms with E-state index in [1.807, 2.05) is 18.2 Å². The molecule has 0 bridgehead atoms. The van der Waals surface area contributed by atoms with Crippen LogP contribution in [0.5, 0.6) is 11.5 Å². The number of pyridine rings is 1. The van der Waals surface area contributed by atoms with Gasteiger partial charge in [-0.15, -0.1) is 0 Å². The van der Waals surface area contributed by atoms with Gasteiger partial charge < -0.3 is 14.2 Å². The van der Waals surface area contributed by atoms with Crippen molar-refractivity contribution in [2.45, 2.75) is 6.42 Å². The third kappa shape index (κ3) is 2.19. The van der Waals surface area contributed by atoms with Crippen LogP contribution >= 0.6 is 0 Å². The lowest BCUT2D eigenvalue weighted by atomic mass is 10.1. The van der Waals surface area contributed by atoms with Crippen LogP contribution in [0.1, 0.15) is 5.69 Å². The first kappa shape index (κ1) is 11.8. The van der Waals surface area contributed by atoms with Crippen molar-refractivity contribution in [3.8, 4) is 11.5 Å². The number of benzene rings is 1. The Bertz CT molecular complexity index is 639. The van der Waals surface area contributed by atoms with E-state index in [0.717, 1.165) is 16.5 Å². The van der Waals surface area contributed by atoms with Crippen molar-refractivity contribution < 1.29 is 19.0 Å². The lowest BCUT2D eigenvalue weighted by Crippen LogP contribution is -2.15. The van der Waals surface area contributed by atoms with Gasteiger partial charge in [0.05, 0.1) is 19.2 Å². The normalized spacial score (nSPS) is 13.3. The van der Waals surface area contributed by atoms with Crippen molar-refractivity contribution >= 4 is 16.7 Å². The molecule has 1 aliphatic heterocycles. The highest BCUT2D eigenvalue weighted by molar-refractivity contribution is 5.90. The van der Waals surface area contributed by atoms with Gasteiger partial charge in [0, 0.05) is 11.6 Å². The van der Waals surface area contributed by atoms with E-state index in [4.69, 9.17) is 9.47 Å². The predicted octanol–water partition coefficient (Wildman–Crippen LogP) is 1.72. The van der Waals surface area contributed by atoms with Gasteiger partial charge >= 0.3 is 5.97 Å². The van der Waals surface area contributed by atoms with E-state index in [1.54, 1.807) is 6.20 Å². The average Bonchev–Trinajstić information content (AvgIpc) is 2.45. The number of esters is 1. The molecular formula is C14H13NO4. The van der Waals surface area contributed by atoms with Crippen molar-refractivity contribution in [2.75, 3.05) is 20.3 Å². The quantitative estimate of drug-likeness (QED) is 0.769. The summed E-state index contributed by atoms with van der Waals surface area (Å²) in [6.07, 6.45) is 1.82. The molecule has 5 heteroatoms. The van der Waals surface area contributed by atoms with Gasteiger partial charge in [0.25, 0.3) is 0 Å². The Morgan fingerprint density at radius 3 is 2.79 bits per heavy atom. The molecule has 0 amide bonds. The SMILES string of the molecule is COC(=O)Cc1nccc2cc3c(cc12)OCCO3. The highest BCUT2D eigenvalue weighted by atomic mass is 16.6. The number of carbonyl (C=O) groups excluding carboxylic acids is 1. The molecular weight excluding hydrogens is 246 g/mol. The molecule has 5 nitrogen and oxygen atoms in total. The molecule has 2 heterocycles. The lowest BCUT2D eigenvalue weighted by Gasteiger charge is -2.19. The van der Waals surface area contributed by atoms with Crippen LogP contribution in [-0.2, 0) is 16.0 Å². The van der Waals surface area contributed by atoms with E-state index >= 15 is 0 Å². The first-order valence-corrected chi connectivity index (χ1v) is 6.02. The molecule has 0 radical (unpaired) electrons. The second kappa shape index (κ2) is 4.76. The van der Waals surface area contributed by atoms with Gasteiger partial charge in [-0.3, -0.25) is 9.78 Å². The predicted molar refractivity (Wildman–Crippen MR) is 68.5 cm³/mol. The third-order valence-corrected chi connectivity index (χ3v) is 3.05. The van der Waals surface area contributed by atoms with E-state index in [2.05, 4.69) is 9.72 Å². The largest absolute Gasteiger partial charge is 0.486 e. The zero-order valence-electron chi connectivity index (χ0n) is 10.5. The molecule has 1 aromatic heterocycles. The Labute approximate surface area is 110 Å². The van der Waals surface area contributed by atoms with Gasteiger partial charge in [-0.25, -0.2) is 0 Å². The molecule has 1 aliphatic rings. The van der Waals surface area contributed by atoms with Crippen LogP contribution in [0.3, 0.4) is 0 Å². The van der Waals surface area contributed by atoms with Crippen molar-refractivity contribution in [2.24, 2.45) is 0 Å². The van der Waals surface area contributed by atoms with Gasteiger partial charge in [0.2, 0.25) is 0 Å². The van der Waals surface area contributed by atoms with Gasteiger partial charge in [-0.1, -0.05) is 0 Å². The van der Waals surface area contributed by atoms with Gasteiger partial charge in [-0.2, -0.15) is 0 Å². The zero-order chi connectivity index (χ0) is 13.2. The summed E-state index contributed by atoms with van der Waals surface area (Å²) >= 11 is 0. The summed E-state index contributed by atoms with van der Waals surface area (Å²) in [6, 6.07) is 5.66. The first-order valence-electron chi connectivity index (χ1n) is 6.02. The van der Waals surface area contributed by atoms with E-state index in [0.29, 0.717) is 24.7 Å². The second-order valence-electron chi connectivity index (χ2n) is 4.23. The molecule has 0 unspecified atom stereocenters. The monoisotopic (exact) mass is 259 g/mol. The average molecular weight is 259 g/mol. The number of rotatable bonds is 2. The van der Waals surface area contributed by atoms with Gasteiger partial charge in [0.1, 0.15) is 13.2 Å². The van der Waals surface area contributed by atoms with Gasteiger partial charge in [0.15, 0.2) is 11.5 Å². The second-order valence-corrected chi connectivity index (χ2v) is 4.23. The van der Waals surface area contributed by atoms with E-state index in [9.17, 15) is 4.79 Å². The number of carbonyl (C=O) groups is 1. The lowest BCUT2D eigenvalue weighted by molar-refractivity contribution is -0.139. The molecule has 3 rings (SSSR count). The third-order valence-electron chi connectivity index (χ3n) is 3.05. The standard InChI is InChI=1S/C14H13NO4/c1-17-14(16)8-11-10-7-13-12(18-4-5-19-13)6-9(10)2-3-15-11/h2-3,6-7H,4-5,8H2,1H3. The van der Waals surface area contributed by atoms with E-state index in [1.165, 1.54) is 7.11 Å². The fourth-order valence-electron chi connectivity index (χ4n) is 2.12. The van der Waals surface area contributed by atoms with Gasteiger partial charge in [-0.05, 0) is 23.6 Å². The molecule has 0 spiro atoms. The van der Waals surface area contributed by atoms with Crippen LogP contribution < -0.4 is 9.47 Å². The molecule has 0 fully saturated rings. The smallest absolute Gasteiger partial charge is 0.311 e. The molecule has 2 aromatic rings. The summed E-state index contributed by atoms with van der Waals surface area (Å²) in [7, 11) is 1.37. The Hall–Kier alpha value is -2.30. The molecule has 19 heavy (non-hydrogen) atoms. The van der Waals surface area contributed by atoms with E-state index < -0.39 is 0 Å². The minimum absolute atomic E-state index is 0.146. The number of ether oxygens (including phenoxy) is 3. The molecule has 1 aromatic carbocycles. The van der Waals surface area contributed by atoms with Crippen LogP contribution in [-0.4, -0.2) is 31.3 Å². The fraction of sp³-hybridized carbons (Fsp3) is 0.286. The summed E-state index contributed by atoms with van der Waals surface area (Å²) in [5, 5.41) is 1.86. The minimum Gasteiger partial charge on any atom is -0.486 e. The maximum Gasteiger partial charge on any atom is 0.311 e. The number of hydrogen-bond acceptors (Lipinski definition) is 5. The molecule has 0 saturated heterocycles. The van der Waals surface area contributed by atoms with Crippen LogP contribution in [0.15, 0.2) is 24.4 Å². The Morgan fingerprint density at radius 1 is 1.32 bits per heavy atom. The number of fused-ring (bicyclic) bond motifs is 2. The van der Waals surface area contributed by atoms with Crippen molar-refractivity contribution in [3.05, 3.63) is 30.1 Å². The van der Waals surface area contributed by atoms with Crippen LogP contribution in [0.2, 0.25) is 0 Å². The summed E-state index contributed by atoms with van der Waals surface area (Å²) in [5.74, 6) is 1.11. The Kier molecular flexibility index (Phi) is 2.95. The van der Waals surface area contributed by atoms with Crippen molar-refractivity contribution in [1.29, 1.82) is 0 Å². The van der Waals surface area contributed by atoms with Crippen LogP contribution in [0.4, 0.5) is 0 Å². The summed E-state index contributed by atoms with van der Waals surface area (Å²) in [5.41, 5.74) is 0.682. The maximum atomic E-state index is 11.4. The topological polar surface area (TPSA) is 57.7 Å². The van der Waals surface area contributed by atoms with E-state index in [-0.39, 0.29) is 12.4 Å². The number of methoxy groups -OCH3 is 1. The molecule has 0 saturated carbocycles. The highest BCUT2D eigenvalue weighted by Crippen LogP contribution is 2.35. The number of aromatic nitrogens is 1. The molecule has 98 valence electrons. The maximum absolute atomic E-state index is 11.4. The first-order chi connectivity index (χ1) is 9.28. The summed E-state index contributed by atoms with van der Waals surface area (Å²) < 4.78 is 15.8. The number of hydrogen-bond donors (Lipinski definition) is 0. The summed E-state index contributed by atoms with van der Waals surface area (Å²) in [4.78, 5) is 15.6. The summed E-state index contributed by atoms with van der Waals surface area (Å²) in [6.45, 7) is 1.09. The highest BCUT2D eigenvalue weighted by Gasteiger charge is 2.15. The molecule has 0 aliphatic carbocycles. The molecule has 0 N–H and O–H groups in total. The molecule has 0 atom stereocenters. The minimum atomic E-state index is -0.310. The van der Waals surface area contributed by atoms with Crippen LogP contribution in [0, 0.1) is 0 Å². The van der Waals surface area contributed by atoms with Crippen LogP contribution in [0.25, 0.3) is 10.8 Å². The Morgan fingerprint density at radius 2 is 2.05 bits per heavy atom. The zero-order valence-corrected chi connectivity index (χ0v) is 10.5. The number of nitrogens with zero attached hydrogens (tertiary/aromatic N) is 1. The Balaban J connectivity index is 2.10. The van der Waals surface area contributed by atoms with Crippen molar-refractivity contribution in [1.82, 2.24) is 4.98 Å². The fourth-order valence-corrected chi connectivity index (χ4v) is 2.12. The van der Waals surface area contributed by atoms with Crippen molar-refractivity contribution in [3.63, 3.8) is 0 Å².